The molecule has 0 heterocycles. The molecule has 0 aliphatic heterocycles. The summed E-state index contributed by atoms with van der Waals surface area (Å²) in [5.41, 5.74) is 9.65. The number of nitro groups is 1. The molecule has 2 aromatic carbocycles. The fraction of sp³-hybridized carbons (Fsp3) is 0.235. The van der Waals surface area contributed by atoms with Crippen LogP contribution in [0.4, 0.5) is 11.4 Å². The minimum atomic E-state index is -0.455. The molecule has 0 atom stereocenters. The van der Waals surface area contributed by atoms with Crippen molar-refractivity contribution in [2.75, 3.05) is 12.4 Å². The average molecular weight is 328 g/mol. The molecule has 0 radical (unpaired) electrons. The number of nitro benzene ring substituents is 1. The molecule has 2 aromatic rings. The molecule has 0 amide bonds. The molecule has 2 rings (SSSR count). The summed E-state index contributed by atoms with van der Waals surface area (Å²) in [6.45, 7) is 4.22. The Morgan fingerprint density at radius 2 is 2.00 bits per heavy atom. The third-order valence-corrected chi connectivity index (χ3v) is 3.67. The summed E-state index contributed by atoms with van der Waals surface area (Å²) >= 11 is 0. The predicted octanol–water partition coefficient (Wildman–Crippen LogP) is 3.15. The third kappa shape index (κ3) is 4.22. The Morgan fingerprint density at radius 1 is 1.25 bits per heavy atom. The van der Waals surface area contributed by atoms with Crippen molar-refractivity contribution < 1.29 is 9.66 Å². The van der Waals surface area contributed by atoms with Gasteiger partial charge < -0.3 is 15.8 Å². The number of anilines is 1. The van der Waals surface area contributed by atoms with Crippen molar-refractivity contribution in [2.45, 2.75) is 20.4 Å². The summed E-state index contributed by atoms with van der Waals surface area (Å²) in [6.07, 6.45) is 0. The molecular weight excluding hydrogens is 308 g/mol. The summed E-state index contributed by atoms with van der Waals surface area (Å²) in [5.74, 6) is 0.759. The maximum absolute atomic E-state index is 10.9. The van der Waals surface area contributed by atoms with Gasteiger partial charge in [0.15, 0.2) is 5.96 Å². The Morgan fingerprint density at radius 3 is 2.62 bits per heavy atom. The van der Waals surface area contributed by atoms with Gasteiger partial charge in [-0.2, -0.15) is 0 Å². The Balaban J connectivity index is 2.15. The fourth-order valence-electron chi connectivity index (χ4n) is 2.18. The normalized spacial score (nSPS) is 11.2. The van der Waals surface area contributed by atoms with Gasteiger partial charge in [0, 0.05) is 23.4 Å². The Labute approximate surface area is 140 Å². The zero-order valence-electron chi connectivity index (χ0n) is 13.9. The molecule has 7 heteroatoms. The lowest BCUT2D eigenvalue weighted by molar-refractivity contribution is -0.384. The first kappa shape index (κ1) is 17.3. The van der Waals surface area contributed by atoms with Crippen LogP contribution in [0, 0.1) is 24.0 Å². The number of ether oxygens (including phenoxy) is 1. The molecule has 24 heavy (non-hydrogen) atoms. The molecule has 0 fully saturated rings. The van der Waals surface area contributed by atoms with Crippen LogP contribution >= 0.6 is 0 Å². The van der Waals surface area contributed by atoms with E-state index in [1.165, 1.54) is 24.8 Å². The number of benzene rings is 2. The minimum absolute atomic E-state index is 0.0123. The molecule has 0 bridgehead atoms. The predicted molar refractivity (Wildman–Crippen MR) is 94.5 cm³/mol. The minimum Gasteiger partial charge on any atom is -0.496 e. The Hall–Kier alpha value is -3.09. The van der Waals surface area contributed by atoms with Gasteiger partial charge in [0.05, 0.1) is 18.6 Å². The molecule has 7 nitrogen and oxygen atoms in total. The molecule has 0 saturated carbocycles. The lowest BCUT2D eigenvalue weighted by Crippen LogP contribution is -2.22. The molecule has 0 aliphatic carbocycles. The zero-order valence-corrected chi connectivity index (χ0v) is 13.9. The van der Waals surface area contributed by atoms with E-state index in [9.17, 15) is 10.1 Å². The highest BCUT2D eigenvalue weighted by Gasteiger charge is 2.11. The number of rotatable bonds is 5. The van der Waals surface area contributed by atoms with Crippen molar-refractivity contribution in [2.24, 2.45) is 10.7 Å². The quantitative estimate of drug-likeness (QED) is 0.380. The summed E-state index contributed by atoms with van der Waals surface area (Å²) in [4.78, 5) is 14.7. The smallest absolute Gasteiger partial charge is 0.270 e. The zero-order chi connectivity index (χ0) is 17.7. The van der Waals surface area contributed by atoms with E-state index in [-0.39, 0.29) is 18.2 Å². The number of non-ortho nitro benzene ring substituents is 1. The number of hydrogen-bond donors (Lipinski definition) is 2. The van der Waals surface area contributed by atoms with Gasteiger partial charge in [0.25, 0.3) is 5.69 Å². The van der Waals surface area contributed by atoms with Crippen LogP contribution in [0.2, 0.25) is 0 Å². The van der Waals surface area contributed by atoms with E-state index < -0.39 is 4.92 Å². The van der Waals surface area contributed by atoms with Crippen LogP contribution in [-0.4, -0.2) is 18.0 Å². The number of nitrogens with zero attached hydrogens (tertiary/aromatic N) is 2. The first-order chi connectivity index (χ1) is 11.4. The third-order valence-electron chi connectivity index (χ3n) is 3.67. The number of guanidine groups is 1. The Bertz CT molecular complexity index is 787. The molecule has 0 aromatic heterocycles. The van der Waals surface area contributed by atoms with Crippen LogP contribution in [0.15, 0.2) is 41.4 Å². The summed E-state index contributed by atoms with van der Waals surface area (Å²) in [6, 6.07) is 10.3. The van der Waals surface area contributed by atoms with Gasteiger partial charge >= 0.3 is 0 Å². The van der Waals surface area contributed by atoms with Crippen LogP contribution < -0.4 is 15.8 Å². The largest absolute Gasteiger partial charge is 0.496 e. The molecule has 0 aliphatic rings. The van der Waals surface area contributed by atoms with Crippen LogP contribution in [-0.2, 0) is 6.54 Å². The highest BCUT2D eigenvalue weighted by Crippen LogP contribution is 2.24. The SMILES string of the molecule is COc1ccc([N+](=O)[O-])cc1CN=C(N)Nc1ccc(C)c(C)c1. The van der Waals surface area contributed by atoms with E-state index in [2.05, 4.69) is 10.3 Å². The second kappa shape index (κ2) is 7.45. The lowest BCUT2D eigenvalue weighted by Gasteiger charge is -2.09. The lowest BCUT2D eigenvalue weighted by atomic mass is 10.1. The van der Waals surface area contributed by atoms with Crippen molar-refractivity contribution in [3.05, 3.63) is 63.2 Å². The summed E-state index contributed by atoms with van der Waals surface area (Å²) in [5, 5.41) is 13.9. The number of aliphatic imine (C=N–C) groups is 1. The highest BCUT2D eigenvalue weighted by molar-refractivity contribution is 5.92. The monoisotopic (exact) mass is 328 g/mol. The number of hydrogen-bond acceptors (Lipinski definition) is 4. The van der Waals surface area contributed by atoms with Gasteiger partial charge in [0.2, 0.25) is 0 Å². The molecule has 0 saturated heterocycles. The van der Waals surface area contributed by atoms with Crippen LogP contribution in [0.3, 0.4) is 0 Å². The van der Waals surface area contributed by atoms with Crippen LogP contribution in [0.1, 0.15) is 16.7 Å². The Kier molecular flexibility index (Phi) is 5.36. The molecule has 3 N–H and O–H groups in total. The van der Waals surface area contributed by atoms with Crippen molar-refractivity contribution in [1.82, 2.24) is 0 Å². The maximum Gasteiger partial charge on any atom is 0.270 e. The van der Waals surface area contributed by atoms with Gasteiger partial charge in [-0.25, -0.2) is 4.99 Å². The number of nitrogens with two attached hydrogens (primary N) is 1. The topological polar surface area (TPSA) is 103 Å². The first-order valence-electron chi connectivity index (χ1n) is 7.36. The van der Waals surface area contributed by atoms with E-state index >= 15 is 0 Å². The van der Waals surface area contributed by atoms with Crippen molar-refractivity contribution in [1.29, 1.82) is 0 Å². The summed E-state index contributed by atoms with van der Waals surface area (Å²) < 4.78 is 5.21. The molecule has 126 valence electrons. The van der Waals surface area contributed by atoms with Gasteiger partial charge in [-0.05, 0) is 43.2 Å². The number of nitrogens with one attached hydrogen (secondary N) is 1. The summed E-state index contributed by atoms with van der Waals surface area (Å²) in [7, 11) is 1.51. The van der Waals surface area contributed by atoms with E-state index in [4.69, 9.17) is 10.5 Å². The van der Waals surface area contributed by atoms with E-state index in [0.29, 0.717) is 11.3 Å². The molecule has 0 spiro atoms. The maximum atomic E-state index is 10.9. The second-order valence-corrected chi connectivity index (χ2v) is 5.38. The highest BCUT2D eigenvalue weighted by atomic mass is 16.6. The van der Waals surface area contributed by atoms with Crippen LogP contribution in [0.25, 0.3) is 0 Å². The fourth-order valence-corrected chi connectivity index (χ4v) is 2.18. The first-order valence-corrected chi connectivity index (χ1v) is 7.36. The second-order valence-electron chi connectivity index (χ2n) is 5.38. The van der Waals surface area contributed by atoms with Gasteiger partial charge in [0.1, 0.15) is 5.75 Å². The van der Waals surface area contributed by atoms with Crippen LogP contribution in [0.5, 0.6) is 5.75 Å². The molecule has 0 unspecified atom stereocenters. The van der Waals surface area contributed by atoms with Crippen molar-refractivity contribution in [3.8, 4) is 5.75 Å². The van der Waals surface area contributed by atoms with Gasteiger partial charge in [-0.1, -0.05) is 6.07 Å². The van der Waals surface area contributed by atoms with Crippen molar-refractivity contribution in [3.63, 3.8) is 0 Å². The standard InChI is InChI=1S/C17H20N4O3/c1-11-4-5-14(8-12(11)2)20-17(18)19-10-13-9-15(21(22)23)6-7-16(13)24-3/h4-9H,10H2,1-3H3,(H3,18,19,20). The average Bonchev–Trinajstić information content (AvgIpc) is 2.56. The van der Waals surface area contributed by atoms with E-state index in [1.807, 2.05) is 32.0 Å². The van der Waals surface area contributed by atoms with E-state index in [1.54, 1.807) is 6.07 Å². The van der Waals surface area contributed by atoms with Crippen molar-refractivity contribution >= 4 is 17.3 Å². The van der Waals surface area contributed by atoms with Gasteiger partial charge in [-0.15, -0.1) is 0 Å². The van der Waals surface area contributed by atoms with E-state index in [0.717, 1.165) is 11.3 Å². The number of methoxy groups -OCH3 is 1. The number of aryl methyl sites for hydroxylation is 2. The van der Waals surface area contributed by atoms with Gasteiger partial charge in [-0.3, -0.25) is 10.1 Å². The molecular formula is C17H20N4O3.